The lowest BCUT2D eigenvalue weighted by Crippen LogP contribution is -2.36. The van der Waals surface area contributed by atoms with Gasteiger partial charge in [0.05, 0.1) is 15.5 Å². The Labute approximate surface area is 170 Å². The lowest BCUT2D eigenvalue weighted by Gasteiger charge is -2.22. The molecule has 2 aromatic carbocycles. The number of benzene rings is 2. The van der Waals surface area contributed by atoms with Crippen LogP contribution in [-0.2, 0) is 16.4 Å². The van der Waals surface area contributed by atoms with Crippen molar-refractivity contribution in [2.75, 3.05) is 4.31 Å². The number of sulfonamides is 1. The van der Waals surface area contributed by atoms with Crippen LogP contribution in [0.25, 0.3) is 0 Å². The van der Waals surface area contributed by atoms with Gasteiger partial charge in [0.2, 0.25) is 0 Å². The largest absolute Gasteiger partial charge is 0.282 e. The second-order valence-corrected chi connectivity index (χ2v) is 9.37. The molecule has 3 rings (SSSR count). The third-order valence-electron chi connectivity index (χ3n) is 4.47. The van der Waals surface area contributed by atoms with Gasteiger partial charge in [0.15, 0.2) is 0 Å². The van der Waals surface area contributed by atoms with E-state index in [-0.39, 0.29) is 4.90 Å². The minimum absolute atomic E-state index is 0.0954. The van der Waals surface area contributed by atoms with Gasteiger partial charge in [-0.15, -0.1) is 11.3 Å². The molecule has 6 heteroatoms. The maximum absolute atomic E-state index is 13.3. The monoisotopic (exact) mass is 413 g/mol. The first-order valence-corrected chi connectivity index (χ1v) is 11.5. The summed E-state index contributed by atoms with van der Waals surface area (Å²) in [6.45, 7) is 4.02. The number of anilines is 1. The number of rotatable bonds is 7. The lowest BCUT2D eigenvalue weighted by molar-refractivity contribution is 0.101. The first-order chi connectivity index (χ1) is 13.4. The van der Waals surface area contributed by atoms with Crippen LogP contribution < -0.4 is 4.31 Å². The maximum Gasteiger partial charge on any atom is 0.282 e. The molecule has 0 aliphatic heterocycles. The number of nitrogens with zero attached hydrogens (tertiary/aromatic N) is 1. The van der Waals surface area contributed by atoms with Crippen molar-refractivity contribution in [1.82, 2.24) is 0 Å². The van der Waals surface area contributed by atoms with Crippen LogP contribution in [0, 0.1) is 6.92 Å². The molecule has 0 aliphatic carbocycles. The Kier molecular flexibility index (Phi) is 6.31. The summed E-state index contributed by atoms with van der Waals surface area (Å²) < 4.78 is 27.6. The van der Waals surface area contributed by atoms with Crippen LogP contribution in [-0.4, -0.2) is 14.3 Å². The van der Waals surface area contributed by atoms with Crippen LogP contribution in [0.3, 0.4) is 0 Å². The molecule has 1 aromatic heterocycles. The predicted molar refractivity (Wildman–Crippen MR) is 115 cm³/mol. The van der Waals surface area contributed by atoms with Gasteiger partial charge in [0.25, 0.3) is 15.9 Å². The van der Waals surface area contributed by atoms with Crippen molar-refractivity contribution in [3.8, 4) is 0 Å². The van der Waals surface area contributed by atoms with Gasteiger partial charge < -0.3 is 0 Å². The molecule has 0 radical (unpaired) electrons. The normalized spacial score (nSPS) is 11.4. The Morgan fingerprint density at radius 1 is 1.00 bits per heavy atom. The van der Waals surface area contributed by atoms with Gasteiger partial charge >= 0.3 is 0 Å². The second kappa shape index (κ2) is 8.71. The smallest absolute Gasteiger partial charge is 0.267 e. The number of unbranched alkanes of at least 4 members (excludes halogenated alkanes) is 1. The Morgan fingerprint density at radius 2 is 1.68 bits per heavy atom. The zero-order chi connectivity index (χ0) is 20.1. The number of amides is 1. The van der Waals surface area contributed by atoms with Crippen molar-refractivity contribution >= 4 is 33.0 Å². The molecule has 0 saturated heterocycles. The van der Waals surface area contributed by atoms with Crippen molar-refractivity contribution in [3.63, 3.8) is 0 Å². The Morgan fingerprint density at radius 3 is 2.25 bits per heavy atom. The van der Waals surface area contributed by atoms with E-state index in [9.17, 15) is 13.2 Å². The summed E-state index contributed by atoms with van der Waals surface area (Å²) in [6.07, 6.45) is 3.09. The third-order valence-corrected chi connectivity index (χ3v) is 7.05. The molecule has 1 heterocycles. The van der Waals surface area contributed by atoms with Crippen LogP contribution in [0.2, 0.25) is 0 Å². The molecule has 28 heavy (non-hydrogen) atoms. The number of aryl methyl sites for hydroxylation is 2. The van der Waals surface area contributed by atoms with E-state index in [1.807, 2.05) is 19.1 Å². The summed E-state index contributed by atoms with van der Waals surface area (Å²) >= 11 is 1.23. The number of hydrogen-bond donors (Lipinski definition) is 0. The first-order valence-electron chi connectivity index (χ1n) is 9.22. The van der Waals surface area contributed by atoms with E-state index >= 15 is 0 Å². The summed E-state index contributed by atoms with van der Waals surface area (Å²) in [6, 6.07) is 17.1. The molecule has 0 atom stereocenters. The van der Waals surface area contributed by atoms with Gasteiger partial charge in [-0.25, -0.2) is 8.42 Å². The fraction of sp³-hybridized carbons (Fsp3) is 0.227. The standard InChI is InChI=1S/C22H23NO3S2/c1-3-4-6-18-10-12-19(13-11-18)23(22(24)21-7-5-16-27-21)28(25,26)20-14-8-17(2)9-15-20/h5,7-16H,3-4,6H2,1-2H3. The molecule has 0 bridgehead atoms. The lowest BCUT2D eigenvalue weighted by atomic mass is 10.1. The number of carbonyl (C=O) groups is 1. The highest BCUT2D eigenvalue weighted by Gasteiger charge is 2.32. The van der Waals surface area contributed by atoms with Crippen LogP contribution >= 0.6 is 11.3 Å². The topological polar surface area (TPSA) is 54.5 Å². The average molecular weight is 414 g/mol. The van der Waals surface area contributed by atoms with Gasteiger partial charge in [-0.1, -0.05) is 49.2 Å². The molecular weight excluding hydrogens is 390 g/mol. The Bertz CT molecular complexity index is 1020. The van der Waals surface area contributed by atoms with Crippen molar-refractivity contribution in [2.45, 2.75) is 38.0 Å². The van der Waals surface area contributed by atoms with Gasteiger partial charge in [-0.05, 0) is 61.0 Å². The average Bonchev–Trinajstić information content (AvgIpc) is 3.22. The molecule has 0 aliphatic rings. The van der Waals surface area contributed by atoms with E-state index in [0.717, 1.165) is 34.7 Å². The van der Waals surface area contributed by atoms with Crippen LogP contribution in [0.1, 0.15) is 40.6 Å². The number of carbonyl (C=O) groups excluding carboxylic acids is 1. The van der Waals surface area contributed by atoms with Crippen molar-refractivity contribution in [1.29, 1.82) is 0 Å². The van der Waals surface area contributed by atoms with E-state index in [0.29, 0.717) is 10.6 Å². The molecule has 3 aromatic rings. The van der Waals surface area contributed by atoms with Gasteiger partial charge in [-0.2, -0.15) is 4.31 Å². The Hall–Kier alpha value is -2.44. The molecule has 4 nitrogen and oxygen atoms in total. The summed E-state index contributed by atoms with van der Waals surface area (Å²) in [7, 11) is -4.04. The van der Waals surface area contributed by atoms with Gasteiger partial charge in [0, 0.05) is 0 Å². The Balaban J connectivity index is 2.05. The van der Waals surface area contributed by atoms with Crippen LogP contribution in [0.15, 0.2) is 70.9 Å². The molecule has 0 fully saturated rings. The molecule has 0 saturated carbocycles. The van der Waals surface area contributed by atoms with Crippen molar-refractivity contribution in [2.24, 2.45) is 0 Å². The highest BCUT2D eigenvalue weighted by molar-refractivity contribution is 7.93. The fourth-order valence-electron chi connectivity index (χ4n) is 2.86. The summed E-state index contributed by atoms with van der Waals surface area (Å²) in [5, 5.41) is 1.76. The van der Waals surface area contributed by atoms with E-state index in [2.05, 4.69) is 6.92 Å². The van der Waals surface area contributed by atoms with Crippen LogP contribution in [0.5, 0.6) is 0 Å². The SMILES string of the molecule is CCCCc1ccc(N(C(=O)c2cccs2)S(=O)(=O)c2ccc(C)cc2)cc1. The van der Waals surface area contributed by atoms with Crippen LogP contribution in [0.4, 0.5) is 5.69 Å². The summed E-state index contributed by atoms with van der Waals surface area (Å²) in [5.41, 5.74) is 2.43. The molecule has 0 N–H and O–H groups in total. The molecule has 0 spiro atoms. The predicted octanol–water partition coefficient (Wildman–Crippen LogP) is 5.43. The van der Waals surface area contributed by atoms with E-state index in [1.54, 1.807) is 41.8 Å². The number of thiophene rings is 1. The highest BCUT2D eigenvalue weighted by Crippen LogP contribution is 2.28. The van der Waals surface area contributed by atoms with Gasteiger partial charge in [-0.3, -0.25) is 4.79 Å². The molecule has 0 unspecified atom stereocenters. The van der Waals surface area contributed by atoms with Crippen molar-refractivity contribution < 1.29 is 13.2 Å². The second-order valence-electron chi connectivity index (χ2n) is 6.63. The highest BCUT2D eigenvalue weighted by atomic mass is 32.2. The third kappa shape index (κ3) is 4.34. The summed E-state index contributed by atoms with van der Waals surface area (Å²) in [4.78, 5) is 13.6. The minimum Gasteiger partial charge on any atom is -0.267 e. The zero-order valence-electron chi connectivity index (χ0n) is 16.0. The van der Waals surface area contributed by atoms with E-state index < -0.39 is 15.9 Å². The van der Waals surface area contributed by atoms with E-state index in [4.69, 9.17) is 0 Å². The first kappa shape index (κ1) is 20.3. The quantitative estimate of drug-likeness (QED) is 0.519. The maximum atomic E-state index is 13.3. The van der Waals surface area contributed by atoms with E-state index in [1.165, 1.54) is 23.5 Å². The fourth-order valence-corrected chi connectivity index (χ4v) is 4.98. The summed E-state index contributed by atoms with van der Waals surface area (Å²) in [5.74, 6) is -0.545. The molecular formula is C22H23NO3S2. The van der Waals surface area contributed by atoms with Gasteiger partial charge in [0.1, 0.15) is 0 Å². The minimum atomic E-state index is -4.04. The molecule has 1 amide bonds. The zero-order valence-corrected chi connectivity index (χ0v) is 17.6. The number of hydrogen-bond acceptors (Lipinski definition) is 4. The van der Waals surface area contributed by atoms with Crippen molar-refractivity contribution in [3.05, 3.63) is 82.0 Å². The molecule has 146 valence electrons.